The minimum atomic E-state index is -0.301. The summed E-state index contributed by atoms with van der Waals surface area (Å²) in [5.41, 5.74) is 0.0799. The van der Waals surface area contributed by atoms with Crippen LogP contribution in [-0.2, 0) is 0 Å². The Morgan fingerprint density at radius 1 is 1.44 bits per heavy atom. The molecule has 18 heavy (non-hydrogen) atoms. The van der Waals surface area contributed by atoms with Gasteiger partial charge >= 0.3 is 0 Å². The fourth-order valence-electron chi connectivity index (χ4n) is 2.46. The molecule has 0 aromatic carbocycles. The van der Waals surface area contributed by atoms with Crippen molar-refractivity contribution < 1.29 is 4.79 Å². The highest BCUT2D eigenvalue weighted by Gasteiger charge is 2.33. The lowest BCUT2D eigenvalue weighted by molar-refractivity contribution is 0.0847. The molecule has 1 unspecified atom stereocenters. The second kappa shape index (κ2) is 4.92. The smallest absolute Gasteiger partial charge is 0.271 e. The van der Waals surface area contributed by atoms with Gasteiger partial charge in [0.2, 0.25) is 0 Å². The van der Waals surface area contributed by atoms with Crippen LogP contribution >= 0.6 is 0 Å². The van der Waals surface area contributed by atoms with E-state index in [0.717, 1.165) is 19.3 Å². The van der Waals surface area contributed by atoms with Gasteiger partial charge in [0.05, 0.1) is 0 Å². The second-order valence-corrected chi connectivity index (χ2v) is 5.57. The maximum absolute atomic E-state index is 12.0. The van der Waals surface area contributed by atoms with E-state index in [0.29, 0.717) is 0 Å². The Kier molecular flexibility index (Phi) is 3.50. The summed E-state index contributed by atoms with van der Waals surface area (Å²) in [7, 11) is 0. The van der Waals surface area contributed by atoms with Gasteiger partial charge < -0.3 is 5.32 Å². The molecule has 0 radical (unpaired) electrons. The quantitative estimate of drug-likeness (QED) is 0.833. The highest BCUT2D eigenvalue weighted by atomic mass is 16.2. The van der Waals surface area contributed by atoms with E-state index in [1.54, 1.807) is 0 Å². The number of nitrogens with one attached hydrogen (secondary N) is 2. The van der Waals surface area contributed by atoms with E-state index in [-0.39, 0.29) is 28.6 Å². The monoisotopic (exact) mass is 249 g/mol. The fourth-order valence-corrected chi connectivity index (χ4v) is 2.46. The largest absolute Gasteiger partial charge is 0.347 e. The first-order valence-electron chi connectivity index (χ1n) is 6.36. The Morgan fingerprint density at radius 2 is 2.22 bits per heavy atom. The van der Waals surface area contributed by atoms with E-state index in [1.807, 2.05) is 0 Å². The third-order valence-electron chi connectivity index (χ3n) is 3.72. The average Bonchev–Trinajstić information content (AvgIpc) is 2.32. The van der Waals surface area contributed by atoms with Gasteiger partial charge in [0.15, 0.2) is 0 Å². The zero-order valence-electron chi connectivity index (χ0n) is 10.8. The number of rotatable bonds is 2. The van der Waals surface area contributed by atoms with E-state index in [1.165, 1.54) is 18.6 Å². The highest BCUT2D eigenvalue weighted by Crippen LogP contribution is 2.35. The highest BCUT2D eigenvalue weighted by molar-refractivity contribution is 5.92. The molecule has 1 heterocycles. The first-order chi connectivity index (χ1) is 8.49. The summed E-state index contributed by atoms with van der Waals surface area (Å²) in [6.07, 6.45) is 4.49. The number of amides is 1. The fraction of sp³-hybridized carbons (Fsp3) is 0.615. The number of hydrogen-bond acceptors (Lipinski definition) is 3. The topological polar surface area (TPSA) is 74.8 Å². The molecule has 1 fully saturated rings. The van der Waals surface area contributed by atoms with Crippen LogP contribution in [0.4, 0.5) is 0 Å². The lowest BCUT2D eigenvalue weighted by Crippen LogP contribution is -2.47. The lowest BCUT2D eigenvalue weighted by Gasteiger charge is -2.38. The third kappa shape index (κ3) is 2.78. The maximum atomic E-state index is 12.0. The molecule has 98 valence electrons. The molecular weight excluding hydrogens is 230 g/mol. The number of hydrogen-bond donors (Lipinski definition) is 2. The SMILES string of the molecule is CC1(C)CCCCC1NC(=O)c1ccc(=O)[nH]n1. The van der Waals surface area contributed by atoms with Gasteiger partial charge in [0.1, 0.15) is 5.69 Å². The summed E-state index contributed by atoms with van der Waals surface area (Å²) in [5.74, 6) is -0.216. The summed E-state index contributed by atoms with van der Waals surface area (Å²) in [5, 5.41) is 9.04. The van der Waals surface area contributed by atoms with Crippen LogP contribution < -0.4 is 10.9 Å². The zero-order chi connectivity index (χ0) is 13.2. The third-order valence-corrected chi connectivity index (χ3v) is 3.72. The van der Waals surface area contributed by atoms with Crippen molar-refractivity contribution in [2.45, 2.75) is 45.6 Å². The van der Waals surface area contributed by atoms with Crippen molar-refractivity contribution in [3.05, 3.63) is 28.2 Å². The van der Waals surface area contributed by atoms with E-state index in [9.17, 15) is 9.59 Å². The van der Waals surface area contributed by atoms with Crippen LogP contribution in [0, 0.1) is 5.41 Å². The summed E-state index contributed by atoms with van der Waals surface area (Å²) in [6, 6.07) is 2.94. The summed E-state index contributed by atoms with van der Waals surface area (Å²) in [6.45, 7) is 4.36. The Labute approximate surface area is 106 Å². The van der Waals surface area contributed by atoms with Gasteiger partial charge in [0.25, 0.3) is 11.5 Å². The van der Waals surface area contributed by atoms with E-state index in [2.05, 4.69) is 29.4 Å². The molecule has 1 aliphatic carbocycles. The molecule has 5 heteroatoms. The molecule has 1 aromatic heterocycles. The molecule has 2 N–H and O–H groups in total. The molecule has 2 rings (SSSR count). The van der Waals surface area contributed by atoms with Crippen molar-refractivity contribution in [2.24, 2.45) is 5.41 Å². The first kappa shape index (κ1) is 12.8. The predicted octanol–water partition coefficient (Wildman–Crippen LogP) is 1.47. The molecule has 1 saturated carbocycles. The van der Waals surface area contributed by atoms with Crippen LogP contribution in [0.2, 0.25) is 0 Å². The molecule has 0 aliphatic heterocycles. The average molecular weight is 249 g/mol. The number of carbonyl (C=O) groups is 1. The number of H-pyrrole nitrogens is 1. The van der Waals surface area contributed by atoms with Crippen LogP contribution in [0.25, 0.3) is 0 Å². The van der Waals surface area contributed by atoms with Gasteiger partial charge in [-0.25, -0.2) is 5.10 Å². The van der Waals surface area contributed by atoms with Crippen molar-refractivity contribution in [1.29, 1.82) is 0 Å². The molecule has 0 spiro atoms. The Balaban J connectivity index is 2.06. The van der Waals surface area contributed by atoms with Crippen molar-refractivity contribution >= 4 is 5.91 Å². The summed E-state index contributed by atoms with van der Waals surface area (Å²) < 4.78 is 0. The predicted molar refractivity (Wildman–Crippen MR) is 68.4 cm³/mol. The van der Waals surface area contributed by atoms with Gasteiger partial charge in [-0.3, -0.25) is 9.59 Å². The van der Waals surface area contributed by atoms with Crippen LogP contribution in [-0.4, -0.2) is 22.1 Å². The van der Waals surface area contributed by atoms with Crippen LogP contribution in [0.5, 0.6) is 0 Å². The minimum Gasteiger partial charge on any atom is -0.347 e. The minimum absolute atomic E-state index is 0.121. The van der Waals surface area contributed by atoms with Gasteiger partial charge in [-0.15, -0.1) is 0 Å². The molecule has 0 bridgehead atoms. The number of aromatic nitrogens is 2. The van der Waals surface area contributed by atoms with Crippen molar-refractivity contribution in [1.82, 2.24) is 15.5 Å². The van der Waals surface area contributed by atoms with Crippen LogP contribution in [0.15, 0.2) is 16.9 Å². The van der Waals surface area contributed by atoms with Gasteiger partial charge in [-0.2, -0.15) is 5.10 Å². The number of aromatic amines is 1. The zero-order valence-corrected chi connectivity index (χ0v) is 10.8. The van der Waals surface area contributed by atoms with Crippen molar-refractivity contribution in [3.8, 4) is 0 Å². The molecule has 5 nitrogen and oxygen atoms in total. The van der Waals surface area contributed by atoms with Gasteiger partial charge in [-0.05, 0) is 24.3 Å². The molecule has 1 atom stereocenters. The number of nitrogens with zero attached hydrogens (tertiary/aromatic N) is 1. The maximum Gasteiger partial charge on any atom is 0.271 e. The van der Waals surface area contributed by atoms with Crippen molar-refractivity contribution in [3.63, 3.8) is 0 Å². The first-order valence-corrected chi connectivity index (χ1v) is 6.36. The summed E-state index contributed by atoms with van der Waals surface area (Å²) >= 11 is 0. The van der Waals surface area contributed by atoms with Crippen LogP contribution in [0.3, 0.4) is 0 Å². The lowest BCUT2D eigenvalue weighted by atomic mass is 9.73. The van der Waals surface area contributed by atoms with E-state index < -0.39 is 0 Å². The normalized spacial score (nSPS) is 22.4. The van der Waals surface area contributed by atoms with E-state index >= 15 is 0 Å². The van der Waals surface area contributed by atoms with Gasteiger partial charge in [-0.1, -0.05) is 26.7 Å². The number of carbonyl (C=O) groups excluding carboxylic acids is 1. The Hall–Kier alpha value is -1.65. The van der Waals surface area contributed by atoms with Crippen LogP contribution in [0.1, 0.15) is 50.0 Å². The molecule has 1 aromatic rings. The Morgan fingerprint density at radius 3 is 2.83 bits per heavy atom. The van der Waals surface area contributed by atoms with E-state index in [4.69, 9.17) is 0 Å². The molecule has 1 amide bonds. The molecule has 0 saturated heterocycles. The second-order valence-electron chi connectivity index (χ2n) is 5.57. The molecule has 1 aliphatic rings. The van der Waals surface area contributed by atoms with Gasteiger partial charge in [0, 0.05) is 12.1 Å². The Bertz CT molecular complexity index is 473. The van der Waals surface area contributed by atoms with Crippen molar-refractivity contribution in [2.75, 3.05) is 0 Å². The summed E-state index contributed by atoms with van der Waals surface area (Å²) in [4.78, 5) is 22.9. The molecular formula is C13H19N3O2. The standard InChI is InChI=1S/C13H19N3O2/c1-13(2)8-4-3-5-10(13)14-12(18)9-6-7-11(17)16-15-9/h6-7,10H,3-5,8H2,1-2H3,(H,14,18)(H,16,17).